The van der Waals surface area contributed by atoms with Crippen LogP contribution in [0.25, 0.3) is 0 Å². The molecule has 0 aromatic heterocycles. The third-order valence-electron chi connectivity index (χ3n) is 4.86. The fraction of sp³-hybridized carbons (Fsp3) is 0.840. The van der Waals surface area contributed by atoms with Crippen molar-refractivity contribution in [2.24, 2.45) is 5.73 Å². The summed E-state index contributed by atoms with van der Waals surface area (Å²) in [6, 6.07) is 0. The maximum absolute atomic E-state index is 11.7. The molecule has 0 rings (SSSR count). The second kappa shape index (κ2) is 21.8. The largest absolute Gasteiger partial charge is 0.480 e. The molecule has 0 aliphatic carbocycles. The van der Waals surface area contributed by atoms with Gasteiger partial charge in [-0.05, 0) is 46.0 Å². The van der Waals surface area contributed by atoms with Crippen LogP contribution in [0.15, 0.2) is 12.2 Å². The number of nitrogens with zero attached hydrogens (tertiary/aromatic N) is 1. The highest BCUT2D eigenvalue weighted by Crippen LogP contribution is 2.10. The van der Waals surface area contributed by atoms with Crippen molar-refractivity contribution in [3.05, 3.63) is 12.2 Å². The van der Waals surface area contributed by atoms with Gasteiger partial charge in [-0.1, -0.05) is 70.4 Å². The zero-order valence-electron chi connectivity index (χ0n) is 20.7. The van der Waals surface area contributed by atoms with Gasteiger partial charge < -0.3 is 20.8 Å². The number of allylic oxidation sites excluding steroid dienone is 2. The summed E-state index contributed by atoms with van der Waals surface area (Å²) in [5.74, 6) is -1.03. The summed E-state index contributed by atoms with van der Waals surface area (Å²) in [6.07, 6.45) is 21.1. The Bertz CT molecular complexity index is 459. The molecule has 0 radical (unpaired) electrons. The van der Waals surface area contributed by atoms with E-state index in [-0.39, 0.29) is 19.1 Å². The predicted octanol–water partition coefficient (Wildman–Crippen LogP) is 5.28. The fourth-order valence-corrected chi connectivity index (χ4v) is 2.83. The average Bonchev–Trinajstić information content (AvgIpc) is 2.70. The first-order valence-electron chi connectivity index (χ1n) is 12.1. The molecule has 1 amide bonds. The van der Waals surface area contributed by atoms with Crippen LogP contribution in [-0.2, 0) is 9.59 Å². The van der Waals surface area contributed by atoms with E-state index in [0.717, 1.165) is 25.7 Å². The number of likely N-dealkylation sites (N-methyl/N-ethyl adjacent to an activating group) is 1. The van der Waals surface area contributed by atoms with E-state index in [9.17, 15) is 9.59 Å². The average molecular weight is 443 g/mol. The van der Waals surface area contributed by atoms with Gasteiger partial charge in [0.15, 0.2) is 0 Å². The number of carbonyl (C=O) groups is 2. The number of hydrogen-bond donors (Lipinski definition) is 3. The van der Waals surface area contributed by atoms with E-state index >= 15 is 0 Å². The van der Waals surface area contributed by atoms with Crippen molar-refractivity contribution in [1.82, 2.24) is 4.90 Å². The molecule has 0 heterocycles. The molecule has 0 fully saturated rings. The van der Waals surface area contributed by atoms with Crippen LogP contribution in [0.1, 0.15) is 111 Å². The molecule has 0 aliphatic heterocycles. The van der Waals surface area contributed by atoms with Crippen LogP contribution in [0, 0.1) is 0 Å². The topological polar surface area (TPSA) is 104 Å². The highest BCUT2D eigenvalue weighted by molar-refractivity contribution is 5.80. The maximum atomic E-state index is 11.7. The molecule has 0 aromatic rings. The van der Waals surface area contributed by atoms with E-state index in [0.29, 0.717) is 6.42 Å². The molecular formula is C25H50N2O4. The lowest BCUT2D eigenvalue weighted by molar-refractivity contribution is -0.143. The van der Waals surface area contributed by atoms with Crippen LogP contribution in [0.3, 0.4) is 0 Å². The minimum atomic E-state index is -0.958. The summed E-state index contributed by atoms with van der Waals surface area (Å²) < 4.78 is 0. The molecule has 0 aromatic carbocycles. The van der Waals surface area contributed by atoms with Gasteiger partial charge in [0.05, 0.1) is 6.61 Å². The second-order valence-electron chi connectivity index (χ2n) is 9.12. The van der Waals surface area contributed by atoms with E-state index in [1.165, 1.54) is 62.7 Å². The summed E-state index contributed by atoms with van der Waals surface area (Å²) >= 11 is 0. The number of unbranched alkanes of at least 4 members (excludes halogenated alkanes) is 11. The molecule has 6 nitrogen and oxygen atoms in total. The lowest BCUT2D eigenvalue weighted by Gasteiger charge is -2.14. The van der Waals surface area contributed by atoms with Crippen molar-refractivity contribution < 1.29 is 19.8 Å². The lowest BCUT2D eigenvalue weighted by Crippen LogP contribution is -2.35. The van der Waals surface area contributed by atoms with E-state index in [1.807, 2.05) is 0 Å². The molecule has 0 atom stereocenters. The third kappa shape index (κ3) is 28.6. The molecule has 0 saturated heterocycles. The van der Waals surface area contributed by atoms with Crippen molar-refractivity contribution in [2.75, 3.05) is 20.2 Å². The standard InChI is InChI=1S/C21H39NO3.C4H11NO/c1-3-4-5-6-7-8-9-10-11-12-13-14-15-16-17-18-20(23)22(2)19-21(24)25;1-4(2,5)3-6/h10-11H,3-9,12-19H2,1-2H3,(H,24,25);6H,3,5H2,1-2H3/b11-10-;. The van der Waals surface area contributed by atoms with Crippen molar-refractivity contribution in [3.63, 3.8) is 0 Å². The first-order valence-corrected chi connectivity index (χ1v) is 12.1. The zero-order chi connectivity index (χ0) is 24.0. The Morgan fingerprint density at radius 2 is 1.29 bits per heavy atom. The molecule has 0 spiro atoms. The summed E-state index contributed by atoms with van der Waals surface area (Å²) in [7, 11) is 1.55. The number of aliphatic hydroxyl groups excluding tert-OH is 1. The SMILES string of the molecule is CC(C)(N)CO.CCCCCCCC/C=C\CCCCCCCC(=O)N(C)CC(=O)O. The monoisotopic (exact) mass is 442 g/mol. The van der Waals surface area contributed by atoms with Crippen molar-refractivity contribution in [3.8, 4) is 0 Å². The number of carbonyl (C=O) groups excluding carboxylic acids is 1. The van der Waals surface area contributed by atoms with Crippen LogP contribution >= 0.6 is 0 Å². The molecular weight excluding hydrogens is 392 g/mol. The second-order valence-corrected chi connectivity index (χ2v) is 9.12. The third-order valence-corrected chi connectivity index (χ3v) is 4.86. The van der Waals surface area contributed by atoms with E-state index in [2.05, 4.69) is 19.1 Å². The van der Waals surface area contributed by atoms with Crippen molar-refractivity contribution in [1.29, 1.82) is 0 Å². The summed E-state index contributed by atoms with van der Waals surface area (Å²) in [4.78, 5) is 23.5. The number of aliphatic carboxylic acids is 1. The smallest absolute Gasteiger partial charge is 0.323 e. The van der Waals surface area contributed by atoms with Crippen LogP contribution in [-0.4, -0.2) is 52.7 Å². The Morgan fingerprint density at radius 1 is 0.871 bits per heavy atom. The number of aliphatic hydroxyl groups is 1. The molecule has 4 N–H and O–H groups in total. The van der Waals surface area contributed by atoms with Gasteiger partial charge in [-0.25, -0.2) is 0 Å². The van der Waals surface area contributed by atoms with Crippen LogP contribution < -0.4 is 5.73 Å². The van der Waals surface area contributed by atoms with Gasteiger partial charge in [-0.3, -0.25) is 9.59 Å². The molecule has 0 unspecified atom stereocenters. The molecule has 0 aliphatic rings. The number of hydrogen-bond acceptors (Lipinski definition) is 4. The van der Waals surface area contributed by atoms with E-state index in [4.69, 9.17) is 15.9 Å². The Labute approximate surface area is 191 Å². The molecule has 184 valence electrons. The van der Waals surface area contributed by atoms with Gasteiger partial charge >= 0.3 is 5.97 Å². The fourth-order valence-electron chi connectivity index (χ4n) is 2.83. The highest BCUT2D eigenvalue weighted by Gasteiger charge is 2.11. The van der Waals surface area contributed by atoms with Gasteiger partial charge in [0.2, 0.25) is 5.91 Å². The molecule has 6 heteroatoms. The molecule has 0 saturated carbocycles. The molecule has 0 bridgehead atoms. The minimum Gasteiger partial charge on any atom is -0.480 e. The van der Waals surface area contributed by atoms with Crippen LogP contribution in [0.4, 0.5) is 0 Å². The first kappa shape index (κ1) is 31.8. The number of amides is 1. The summed E-state index contributed by atoms with van der Waals surface area (Å²) in [6.45, 7) is 5.64. The zero-order valence-corrected chi connectivity index (χ0v) is 20.7. The lowest BCUT2D eigenvalue weighted by atomic mass is 10.1. The van der Waals surface area contributed by atoms with Gasteiger partial charge in [-0.15, -0.1) is 0 Å². The summed E-state index contributed by atoms with van der Waals surface area (Å²) in [5, 5.41) is 16.9. The Balaban J connectivity index is 0. The van der Waals surface area contributed by atoms with Crippen molar-refractivity contribution >= 4 is 11.9 Å². The predicted molar refractivity (Wildman–Crippen MR) is 130 cm³/mol. The number of carboxylic acid groups (broad SMARTS) is 1. The summed E-state index contributed by atoms with van der Waals surface area (Å²) in [5.41, 5.74) is 4.88. The number of nitrogens with two attached hydrogens (primary N) is 1. The quantitative estimate of drug-likeness (QED) is 0.198. The van der Waals surface area contributed by atoms with Crippen LogP contribution in [0.2, 0.25) is 0 Å². The molecule has 31 heavy (non-hydrogen) atoms. The highest BCUT2D eigenvalue weighted by atomic mass is 16.4. The van der Waals surface area contributed by atoms with Gasteiger partial charge in [0, 0.05) is 19.0 Å². The minimum absolute atomic E-state index is 0.0486. The Hall–Kier alpha value is -1.40. The van der Waals surface area contributed by atoms with Gasteiger partial charge in [0.25, 0.3) is 0 Å². The number of carboxylic acids is 1. The van der Waals surface area contributed by atoms with Crippen LogP contribution in [0.5, 0.6) is 0 Å². The van der Waals surface area contributed by atoms with E-state index < -0.39 is 11.5 Å². The van der Waals surface area contributed by atoms with Gasteiger partial charge in [0.1, 0.15) is 6.54 Å². The Morgan fingerprint density at radius 3 is 1.71 bits per heavy atom. The maximum Gasteiger partial charge on any atom is 0.323 e. The van der Waals surface area contributed by atoms with E-state index in [1.54, 1.807) is 20.9 Å². The van der Waals surface area contributed by atoms with Crippen molar-refractivity contribution in [2.45, 2.75) is 116 Å². The van der Waals surface area contributed by atoms with Gasteiger partial charge in [-0.2, -0.15) is 0 Å². The first-order chi connectivity index (χ1) is 14.6. The normalized spacial score (nSPS) is 11.3. The number of rotatable bonds is 18. The Kier molecular flexibility index (Phi) is 22.4.